The fourth-order valence-corrected chi connectivity index (χ4v) is 5.36. The van der Waals surface area contributed by atoms with Crippen molar-refractivity contribution in [3.05, 3.63) is 47.4 Å². The molecule has 1 atom stereocenters. The number of carbonyl (C=O) groups excluding carboxylic acids is 1. The fraction of sp³-hybridized carbons (Fsp3) is 0.500. The highest BCUT2D eigenvalue weighted by molar-refractivity contribution is 7.89. The first kappa shape index (κ1) is 22.0. The van der Waals surface area contributed by atoms with E-state index in [0.717, 1.165) is 35.6 Å². The van der Waals surface area contributed by atoms with Gasteiger partial charge in [0.1, 0.15) is 11.5 Å². The Kier molecular flexibility index (Phi) is 6.47. The number of aryl methyl sites for hydroxylation is 2. The Morgan fingerprint density at radius 1 is 1.16 bits per heavy atom. The van der Waals surface area contributed by atoms with Gasteiger partial charge in [-0.2, -0.15) is 0 Å². The van der Waals surface area contributed by atoms with Crippen molar-refractivity contribution >= 4 is 21.6 Å². The van der Waals surface area contributed by atoms with Gasteiger partial charge in [-0.3, -0.25) is 9.69 Å². The summed E-state index contributed by atoms with van der Waals surface area (Å²) in [6.45, 7) is 6.92. The Labute approximate surface area is 183 Å². The fourth-order valence-electron chi connectivity index (χ4n) is 4.27. The van der Waals surface area contributed by atoms with E-state index in [4.69, 9.17) is 9.15 Å². The van der Waals surface area contributed by atoms with Crippen molar-refractivity contribution in [2.45, 2.75) is 37.6 Å². The SMILES string of the molecule is CC(=O)N1CCCc2cc(S(=O)(=O)NC[C@@H](c3ccc(C)o3)N3CCOCC3)ccc21. The zero-order valence-electron chi connectivity index (χ0n) is 18.0. The molecule has 1 aromatic heterocycles. The third-order valence-corrected chi connectivity index (χ3v) is 7.32. The topological polar surface area (TPSA) is 92.1 Å². The molecule has 168 valence electrons. The summed E-state index contributed by atoms with van der Waals surface area (Å²) in [5.41, 5.74) is 1.69. The Hall–Kier alpha value is -2.20. The van der Waals surface area contributed by atoms with Gasteiger partial charge >= 0.3 is 0 Å². The van der Waals surface area contributed by atoms with Gasteiger partial charge < -0.3 is 14.1 Å². The van der Waals surface area contributed by atoms with Crippen LogP contribution in [0.2, 0.25) is 0 Å². The van der Waals surface area contributed by atoms with Crippen LogP contribution in [-0.2, 0) is 26.0 Å². The van der Waals surface area contributed by atoms with E-state index in [-0.39, 0.29) is 23.4 Å². The van der Waals surface area contributed by atoms with Crippen molar-refractivity contribution in [3.63, 3.8) is 0 Å². The zero-order valence-corrected chi connectivity index (χ0v) is 18.8. The number of furan rings is 1. The summed E-state index contributed by atoms with van der Waals surface area (Å²) < 4.78 is 40.2. The van der Waals surface area contributed by atoms with E-state index in [0.29, 0.717) is 32.8 Å². The molecular weight excluding hydrogens is 418 g/mol. The van der Waals surface area contributed by atoms with E-state index in [2.05, 4.69) is 9.62 Å². The highest BCUT2D eigenvalue weighted by Crippen LogP contribution is 2.30. The number of amides is 1. The lowest BCUT2D eigenvalue weighted by Crippen LogP contribution is -2.43. The van der Waals surface area contributed by atoms with E-state index in [1.807, 2.05) is 19.1 Å². The molecule has 1 fully saturated rings. The number of sulfonamides is 1. The molecule has 4 rings (SSSR count). The maximum atomic E-state index is 13.1. The predicted molar refractivity (Wildman–Crippen MR) is 117 cm³/mol. The smallest absolute Gasteiger partial charge is 0.240 e. The molecule has 1 N–H and O–H groups in total. The zero-order chi connectivity index (χ0) is 22.0. The van der Waals surface area contributed by atoms with Crippen molar-refractivity contribution in [1.82, 2.24) is 9.62 Å². The molecule has 1 saturated heterocycles. The number of hydrogen-bond acceptors (Lipinski definition) is 6. The summed E-state index contributed by atoms with van der Waals surface area (Å²) >= 11 is 0. The maximum absolute atomic E-state index is 13.1. The Balaban J connectivity index is 1.54. The lowest BCUT2D eigenvalue weighted by atomic mass is 10.0. The Bertz CT molecular complexity index is 1040. The molecule has 1 amide bonds. The van der Waals surface area contributed by atoms with Crippen LogP contribution in [0.15, 0.2) is 39.6 Å². The molecule has 0 unspecified atom stereocenters. The van der Waals surface area contributed by atoms with Gasteiger partial charge in [-0.05, 0) is 55.7 Å². The normalized spacial score (nSPS) is 18.6. The van der Waals surface area contributed by atoms with Crippen LogP contribution in [-0.4, -0.2) is 58.6 Å². The molecule has 2 aliphatic heterocycles. The van der Waals surface area contributed by atoms with Crippen molar-refractivity contribution in [2.24, 2.45) is 0 Å². The molecule has 0 spiro atoms. The van der Waals surface area contributed by atoms with Gasteiger partial charge in [0.05, 0.1) is 24.2 Å². The average Bonchev–Trinajstić information content (AvgIpc) is 3.19. The van der Waals surface area contributed by atoms with Crippen LogP contribution in [0, 0.1) is 6.92 Å². The number of rotatable bonds is 6. The van der Waals surface area contributed by atoms with E-state index >= 15 is 0 Å². The summed E-state index contributed by atoms with van der Waals surface area (Å²) in [7, 11) is -3.72. The van der Waals surface area contributed by atoms with E-state index in [9.17, 15) is 13.2 Å². The number of fused-ring (bicyclic) bond motifs is 1. The number of benzene rings is 1. The van der Waals surface area contributed by atoms with Crippen LogP contribution >= 0.6 is 0 Å². The van der Waals surface area contributed by atoms with Crippen LogP contribution in [0.25, 0.3) is 0 Å². The third-order valence-electron chi connectivity index (χ3n) is 5.90. The molecule has 0 aliphatic carbocycles. The number of nitrogens with zero attached hydrogens (tertiary/aromatic N) is 2. The molecule has 1 aromatic carbocycles. The van der Waals surface area contributed by atoms with Crippen LogP contribution in [0.4, 0.5) is 5.69 Å². The number of anilines is 1. The van der Waals surface area contributed by atoms with Gasteiger partial charge in [0.25, 0.3) is 0 Å². The largest absolute Gasteiger partial charge is 0.465 e. The minimum absolute atomic E-state index is 0.0308. The van der Waals surface area contributed by atoms with E-state index in [1.54, 1.807) is 23.1 Å². The van der Waals surface area contributed by atoms with Gasteiger partial charge in [0.15, 0.2) is 0 Å². The van der Waals surface area contributed by atoms with Crippen LogP contribution in [0.5, 0.6) is 0 Å². The predicted octanol–water partition coefficient (Wildman–Crippen LogP) is 2.24. The summed E-state index contributed by atoms with van der Waals surface area (Å²) in [4.78, 5) is 16.0. The highest BCUT2D eigenvalue weighted by atomic mass is 32.2. The van der Waals surface area contributed by atoms with Crippen molar-refractivity contribution < 1.29 is 22.4 Å². The summed E-state index contributed by atoms with van der Waals surface area (Å²) in [5, 5.41) is 0. The van der Waals surface area contributed by atoms with Crippen molar-refractivity contribution in [2.75, 3.05) is 44.3 Å². The number of morpholine rings is 1. The molecular formula is C22H29N3O5S. The van der Waals surface area contributed by atoms with Gasteiger partial charge in [-0.15, -0.1) is 0 Å². The molecule has 2 aromatic rings. The second kappa shape index (κ2) is 9.12. The number of nitrogens with one attached hydrogen (secondary N) is 1. The van der Waals surface area contributed by atoms with Gasteiger partial charge in [0.2, 0.25) is 15.9 Å². The lowest BCUT2D eigenvalue weighted by Gasteiger charge is -2.33. The third kappa shape index (κ3) is 4.85. The van der Waals surface area contributed by atoms with Crippen molar-refractivity contribution in [3.8, 4) is 0 Å². The molecule has 3 heterocycles. The maximum Gasteiger partial charge on any atom is 0.240 e. The van der Waals surface area contributed by atoms with Crippen LogP contribution in [0.3, 0.4) is 0 Å². The number of ether oxygens (including phenoxy) is 1. The standard InChI is InChI=1S/C22H29N3O5S/c1-16-5-8-22(30-16)21(24-10-12-29-13-11-24)15-23-31(27,28)19-6-7-20-18(14-19)4-3-9-25(20)17(2)26/h5-8,14,21,23H,3-4,9-13,15H2,1-2H3/t21-/m0/s1. The van der Waals surface area contributed by atoms with Crippen LogP contribution in [0.1, 0.15) is 36.5 Å². The van der Waals surface area contributed by atoms with Crippen molar-refractivity contribution in [1.29, 1.82) is 0 Å². The van der Waals surface area contributed by atoms with E-state index in [1.165, 1.54) is 6.92 Å². The lowest BCUT2D eigenvalue weighted by molar-refractivity contribution is -0.116. The quantitative estimate of drug-likeness (QED) is 0.730. The first-order valence-electron chi connectivity index (χ1n) is 10.6. The Morgan fingerprint density at radius 2 is 1.94 bits per heavy atom. The Morgan fingerprint density at radius 3 is 2.61 bits per heavy atom. The monoisotopic (exact) mass is 447 g/mol. The summed E-state index contributed by atoms with van der Waals surface area (Å²) in [5.74, 6) is 1.50. The van der Waals surface area contributed by atoms with E-state index < -0.39 is 10.0 Å². The first-order valence-corrected chi connectivity index (χ1v) is 12.1. The summed E-state index contributed by atoms with van der Waals surface area (Å²) in [6, 6.07) is 8.58. The molecule has 0 radical (unpaired) electrons. The molecule has 2 aliphatic rings. The second-order valence-corrected chi connectivity index (χ2v) is 9.80. The molecule has 0 bridgehead atoms. The van der Waals surface area contributed by atoms with Gasteiger partial charge in [0, 0.05) is 38.8 Å². The summed E-state index contributed by atoms with van der Waals surface area (Å²) in [6.07, 6.45) is 1.57. The highest BCUT2D eigenvalue weighted by Gasteiger charge is 2.28. The molecule has 31 heavy (non-hydrogen) atoms. The number of hydrogen-bond donors (Lipinski definition) is 1. The average molecular weight is 448 g/mol. The minimum Gasteiger partial charge on any atom is -0.465 e. The second-order valence-electron chi connectivity index (χ2n) is 8.03. The van der Waals surface area contributed by atoms with Gasteiger partial charge in [-0.25, -0.2) is 13.1 Å². The molecule has 9 heteroatoms. The number of carbonyl (C=O) groups is 1. The van der Waals surface area contributed by atoms with Gasteiger partial charge in [-0.1, -0.05) is 0 Å². The first-order chi connectivity index (χ1) is 14.8. The molecule has 0 saturated carbocycles. The van der Waals surface area contributed by atoms with Crippen LogP contribution < -0.4 is 9.62 Å². The minimum atomic E-state index is -3.72. The molecule has 8 nitrogen and oxygen atoms in total.